The lowest BCUT2D eigenvalue weighted by Gasteiger charge is -2.30. The van der Waals surface area contributed by atoms with E-state index in [1.807, 2.05) is 30.7 Å². The van der Waals surface area contributed by atoms with Crippen molar-refractivity contribution in [2.45, 2.75) is 50.4 Å². The number of nitrogens with zero attached hydrogens (tertiary/aromatic N) is 4. The molecule has 2 aliphatic rings. The molecular formula is C23H25N5S. The molecule has 5 nitrogen and oxygen atoms in total. The quantitative estimate of drug-likeness (QED) is 0.633. The number of hydrogen-bond acceptors (Lipinski definition) is 3. The van der Waals surface area contributed by atoms with E-state index in [0.717, 1.165) is 17.4 Å². The molecule has 0 spiro atoms. The molecule has 1 aliphatic carbocycles. The minimum Gasteiger partial charge on any atom is -0.352 e. The fourth-order valence-corrected chi connectivity index (χ4v) is 5.06. The van der Waals surface area contributed by atoms with Crippen LogP contribution in [0.5, 0.6) is 0 Å². The topological polar surface area (TPSA) is 46.0 Å². The Balaban J connectivity index is 1.56. The van der Waals surface area contributed by atoms with Crippen molar-refractivity contribution >= 4 is 17.3 Å². The van der Waals surface area contributed by atoms with Gasteiger partial charge in [-0.15, -0.1) is 0 Å². The van der Waals surface area contributed by atoms with Crippen molar-refractivity contribution in [2.75, 3.05) is 0 Å². The van der Waals surface area contributed by atoms with Crippen LogP contribution in [0.4, 0.5) is 0 Å². The lowest BCUT2D eigenvalue weighted by atomic mass is 10.0. The molecule has 3 aromatic rings. The summed E-state index contributed by atoms with van der Waals surface area (Å²) in [6.45, 7) is 0.748. The van der Waals surface area contributed by atoms with Crippen molar-refractivity contribution in [2.24, 2.45) is 0 Å². The molecule has 1 N–H and O–H groups in total. The van der Waals surface area contributed by atoms with Crippen LogP contribution in [0.15, 0.2) is 67.3 Å². The average Bonchev–Trinajstić information content (AvgIpc) is 3.50. The lowest BCUT2D eigenvalue weighted by Crippen LogP contribution is -2.30. The molecule has 0 unspecified atom stereocenters. The molecule has 0 aromatic carbocycles. The first-order valence-corrected chi connectivity index (χ1v) is 10.8. The molecule has 1 saturated carbocycles. The molecule has 1 saturated heterocycles. The molecule has 2 fully saturated rings. The Morgan fingerprint density at radius 3 is 2.59 bits per heavy atom. The van der Waals surface area contributed by atoms with E-state index in [0.29, 0.717) is 6.04 Å². The van der Waals surface area contributed by atoms with Gasteiger partial charge in [0.15, 0.2) is 5.11 Å². The fourth-order valence-electron chi connectivity index (χ4n) is 4.76. The summed E-state index contributed by atoms with van der Waals surface area (Å²) in [4.78, 5) is 11.1. The SMILES string of the molecule is S=C1N[C@H](c2ccccn2)[C@H](c2cccn2C2CCCC2)N1Cc1ccncc1. The van der Waals surface area contributed by atoms with Crippen molar-refractivity contribution < 1.29 is 0 Å². The van der Waals surface area contributed by atoms with Crippen LogP contribution in [-0.4, -0.2) is 24.5 Å². The highest BCUT2D eigenvalue weighted by Crippen LogP contribution is 2.42. The molecule has 6 heteroatoms. The molecular weight excluding hydrogens is 378 g/mol. The highest BCUT2D eigenvalue weighted by Gasteiger charge is 2.41. The molecule has 0 radical (unpaired) electrons. The first-order valence-electron chi connectivity index (χ1n) is 10.3. The average molecular weight is 404 g/mol. The summed E-state index contributed by atoms with van der Waals surface area (Å²) in [6, 6.07) is 15.4. The largest absolute Gasteiger partial charge is 0.352 e. The Morgan fingerprint density at radius 2 is 1.83 bits per heavy atom. The van der Waals surface area contributed by atoms with E-state index in [1.165, 1.54) is 36.9 Å². The monoisotopic (exact) mass is 403 g/mol. The van der Waals surface area contributed by atoms with Crippen LogP contribution >= 0.6 is 12.2 Å². The van der Waals surface area contributed by atoms with E-state index in [1.54, 1.807) is 0 Å². The number of pyridine rings is 2. The lowest BCUT2D eigenvalue weighted by molar-refractivity contribution is 0.290. The van der Waals surface area contributed by atoms with E-state index >= 15 is 0 Å². The van der Waals surface area contributed by atoms with E-state index in [2.05, 4.69) is 61.3 Å². The van der Waals surface area contributed by atoms with Crippen LogP contribution in [-0.2, 0) is 6.54 Å². The molecule has 148 valence electrons. The summed E-state index contributed by atoms with van der Waals surface area (Å²) in [6.07, 6.45) is 12.9. The van der Waals surface area contributed by atoms with Crippen LogP contribution in [0.1, 0.15) is 60.8 Å². The van der Waals surface area contributed by atoms with Gasteiger partial charge in [0.2, 0.25) is 0 Å². The molecule has 0 bridgehead atoms. The molecule has 2 atom stereocenters. The molecule has 4 heterocycles. The van der Waals surface area contributed by atoms with Crippen LogP contribution in [0.2, 0.25) is 0 Å². The number of hydrogen-bond donors (Lipinski definition) is 1. The zero-order valence-corrected chi connectivity index (χ0v) is 17.1. The van der Waals surface area contributed by atoms with Crippen molar-refractivity contribution in [1.82, 2.24) is 24.8 Å². The minimum atomic E-state index is 0.0283. The molecule has 1 aliphatic heterocycles. The Kier molecular flexibility index (Phi) is 5.02. The number of thiocarbonyl (C=S) groups is 1. The Bertz CT molecular complexity index is 965. The van der Waals surface area contributed by atoms with Gasteiger partial charge in [0.1, 0.15) is 0 Å². The standard InChI is InChI=1S/C23H25N5S/c29-23-26-21(19-8-3-4-12-25-19)22(28(23)16-17-10-13-24-14-11-17)20-9-5-15-27(20)18-6-1-2-7-18/h3-5,8-15,18,21-22H,1-2,6-7,16H2,(H,26,29)/t21-,22+/m1/s1. The van der Waals surface area contributed by atoms with Crippen molar-refractivity contribution in [3.8, 4) is 0 Å². The zero-order chi connectivity index (χ0) is 19.6. The van der Waals surface area contributed by atoms with Gasteiger partial charge in [-0.3, -0.25) is 9.97 Å². The first kappa shape index (κ1) is 18.3. The van der Waals surface area contributed by atoms with E-state index in [-0.39, 0.29) is 12.1 Å². The van der Waals surface area contributed by atoms with E-state index in [9.17, 15) is 0 Å². The summed E-state index contributed by atoms with van der Waals surface area (Å²) in [7, 11) is 0. The van der Waals surface area contributed by atoms with Gasteiger partial charge in [0, 0.05) is 43.1 Å². The van der Waals surface area contributed by atoms with Crippen molar-refractivity contribution in [3.05, 3.63) is 84.2 Å². The predicted molar refractivity (Wildman–Crippen MR) is 117 cm³/mol. The maximum atomic E-state index is 5.81. The summed E-state index contributed by atoms with van der Waals surface area (Å²) in [5.74, 6) is 0. The maximum absolute atomic E-state index is 5.81. The van der Waals surface area contributed by atoms with E-state index in [4.69, 9.17) is 12.2 Å². The normalized spacial score (nSPS) is 22.2. The Labute approximate surface area is 176 Å². The van der Waals surface area contributed by atoms with Crippen LogP contribution in [0.3, 0.4) is 0 Å². The van der Waals surface area contributed by atoms with Crippen molar-refractivity contribution in [3.63, 3.8) is 0 Å². The fraction of sp³-hybridized carbons (Fsp3) is 0.348. The summed E-state index contributed by atoms with van der Waals surface area (Å²) < 4.78 is 2.49. The van der Waals surface area contributed by atoms with Gasteiger partial charge in [-0.1, -0.05) is 18.9 Å². The minimum absolute atomic E-state index is 0.0283. The molecule has 5 rings (SSSR count). The number of rotatable bonds is 5. The summed E-state index contributed by atoms with van der Waals surface area (Å²) in [5.41, 5.74) is 3.54. The zero-order valence-electron chi connectivity index (χ0n) is 16.3. The molecule has 0 amide bonds. The second kappa shape index (κ2) is 7.95. The van der Waals surface area contributed by atoms with Gasteiger partial charge in [-0.25, -0.2) is 0 Å². The number of nitrogens with one attached hydrogen (secondary N) is 1. The van der Waals surface area contributed by atoms with Gasteiger partial charge < -0.3 is 14.8 Å². The third-order valence-electron chi connectivity index (χ3n) is 6.13. The van der Waals surface area contributed by atoms with Gasteiger partial charge in [-0.05, 0) is 67.0 Å². The second-order valence-electron chi connectivity index (χ2n) is 7.89. The molecule has 3 aromatic heterocycles. The highest BCUT2D eigenvalue weighted by molar-refractivity contribution is 7.80. The first-order chi connectivity index (χ1) is 14.3. The highest BCUT2D eigenvalue weighted by atomic mass is 32.1. The Morgan fingerprint density at radius 1 is 1.00 bits per heavy atom. The third-order valence-corrected chi connectivity index (χ3v) is 6.49. The second-order valence-corrected chi connectivity index (χ2v) is 8.28. The van der Waals surface area contributed by atoms with Gasteiger partial charge >= 0.3 is 0 Å². The number of aromatic nitrogens is 3. The van der Waals surface area contributed by atoms with Crippen LogP contribution < -0.4 is 5.32 Å². The molecule has 29 heavy (non-hydrogen) atoms. The van der Waals surface area contributed by atoms with E-state index < -0.39 is 0 Å². The maximum Gasteiger partial charge on any atom is 0.170 e. The third kappa shape index (κ3) is 3.53. The predicted octanol–water partition coefficient (Wildman–Crippen LogP) is 4.57. The van der Waals surface area contributed by atoms with Gasteiger partial charge in [-0.2, -0.15) is 0 Å². The van der Waals surface area contributed by atoms with Gasteiger partial charge in [0.05, 0.1) is 17.8 Å². The summed E-state index contributed by atoms with van der Waals surface area (Å²) >= 11 is 5.81. The van der Waals surface area contributed by atoms with Crippen molar-refractivity contribution in [1.29, 1.82) is 0 Å². The van der Waals surface area contributed by atoms with Crippen LogP contribution in [0, 0.1) is 0 Å². The van der Waals surface area contributed by atoms with Crippen LogP contribution in [0.25, 0.3) is 0 Å². The Hall–Kier alpha value is -2.73. The summed E-state index contributed by atoms with van der Waals surface area (Å²) in [5, 5.41) is 4.34. The smallest absolute Gasteiger partial charge is 0.170 e. The van der Waals surface area contributed by atoms with Gasteiger partial charge in [0.25, 0.3) is 0 Å².